The SMILES string of the molecule is CC(C)(Oc1ccc2c(=O)ccoc2c1)c1cn(Cc2cccc(F)c2)nn1. The minimum absolute atomic E-state index is 0.104. The Labute approximate surface area is 160 Å². The topological polar surface area (TPSA) is 70.2 Å². The summed E-state index contributed by atoms with van der Waals surface area (Å²) in [6, 6.07) is 12.8. The first-order valence-electron chi connectivity index (χ1n) is 8.76. The highest BCUT2D eigenvalue weighted by Crippen LogP contribution is 2.28. The molecule has 142 valence electrons. The lowest BCUT2D eigenvalue weighted by Crippen LogP contribution is -2.25. The van der Waals surface area contributed by atoms with Crippen LogP contribution in [-0.2, 0) is 12.1 Å². The molecule has 2 heterocycles. The van der Waals surface area contributed by atoms with E-state index in [9.17, 15) is 9.18 Å². The summed E-state index contributed by atoms with van der Waals surface area (Å²) in [5, 5.41) is 8.81. The third kappa shape index (κ3) is 3.64. The van der Waals surface area contributed by atoms with E-state index in [1.165, 1.54) is 24.5 Å². The molecule has 0 aliphatic rings. The van der Waals surface area contributed by atoms with Crippen LogP contribution in [0.2, 0.25) is 0 Å². The molecular formula is C21H18FN3O3. The average molecular weight is 379 g/mol. The highest BCUT2D eigenvalue weighted by molar-refractivity contribution is 5.77. The van der Waals surface area contributed by atoms with Crippen molar-refractivity contribution in [2.24, 2.45) is 0 Å². The second kappa shape index (κ2) is 6.92. The Bertz CT molecular complexity index is 1200. The maximum Gasteiger partial charge on any atom is 0.192 e. The summed E-state index contributed by atoms with van der Waals surface area (Å²) < 4.78 is 26.5. The van der Waals surface area contributed by atoms with E-state index in [1.54, 1.807) is 35.1 Å². The number of aromatic nitrogens is 3. The van der Waals surface area contributed by atoms with Crippen LogP contribution < -0.4 is 10.2 Å². The molecule has 6 nitrogen and oxygen atoms in total. The summed E-state index contributed by atoms with van der Waals surface area (Å²) in [5.41, 5.74) is 0.990. The molecule has 0 amide bonds. The van der Waals surface area contributed by atoms with Crippen LogP contribution in [0, 0.1) is 5.82 Å². The zero-order chi connectivity index (χ0) is 19.7. The van der Waals surface area contributed by atoms with Gasteiger partial charge in [-0.1, -0.05) is 17.3 Å². The van der Waals surface area contributed by atoms with Crippen molar-refractivity contribution in [1.82, 2.24) is 15.0 Å². The number of fused-ring (bicyclic) bond motifs is 1. The Morgan fingerprint density at radius 3 is 2.86 bits per heavy atom. The zero-order valence-corrected chi connectivity index (χ0v) is 15.4. The minimum atomic E-state index is -0.775. The van der Waals surface area contributed by atoms with Crippen LogP contribution in [0.15, 0.2) is 70.2 Å². The predicted molar refractivity (Wildman–Crippen MR) is 102 cm³/mol. The number of halogens is 1. The van der Waals surface area contributed by atoms with Gasteiger partial charge in [0.1, 0.15) is 28.4 Å². The summed E-state index contributed by atoms with van der Waals surface area (Å²) in [6.45, 7) is 4.14. The van der Waals surface area contributed by atoms with Crippen LogP contribution in [0.3, 0.4) is 0 Å². The monoisotopic (exact) mass is 379 g/mol. The lowest BCUT2D eigenvalue weighted by Gasteiger charge is -2.24. The number of nitrogens with zero attached hydrogens (tertiary/aromatic N) is 3. The summed E-state index contributed by atoms with van der Waals surface area (Å²) in [5.74, 6) is 0.260. The molecule has 0 aliphatic heterocycles. The van der Waals surface area contributed by atoms with Crippen LogP contribution >= 0.6 is 0 Å². The quantitative estimate of drug-likeness (QED) is 0.526. The smallest absolute Gasteiger partial charge is 0.192 e. The fourth-order valence-corrected chi connectivity index (χ4v) is 2.95. The molecule has 28 heavy (non-hydrogen) atoms. The predicted octanol–water partition coefficient (Wildman–Crippen LogP) is 3.89. The van der Waals surface area contributed by atoms with Gasteiger partial charge in [-0.25, -0.2) is 9.07 Å². The number of hydrogen-bond acceptors (Lipinski definition) is 5. The molecular weight excluding hydrogens is 361 g/mol. The number of hydrogen-bond donors (Lipinski definition) is 0. The molecule has 0 aliphatic carbocycles. The first kappa shape index (κ1) is 17.9. The molecule has 0 radical (unpaired) electrons. The van der Waals surface area contributed by atoms with Gasteiger partial charge in [0.15, 0.2) is 5.43 Å². The maximum atomic E-state index is 13.4. The second-order valence-corrected chi connectivity index (χ2v) is 6.99. The standard InChI is InChI=1S/C21H18FN3O3/c1-21(2,28-16-6-7-17-18(26)8-9-27-19(17)11-16)20-13-25(24-23-20)12-14-4-3-5-15(22)10-14/h3-11,13H,12H2,1-2H3. The highest BCUT2D eigenvalue weighted by Gasteiger charge is 2.27. The zero-order valence-electron chi connectivity index (χ0n) is 15.4. The van der Waals surface area contributed by atoms with Crippen molar-refractivity contribution in [3.63, 3.8) is 0 Å². The van der Waals surface area contributed by atoms with E-state index in [1.807, 2.05) is 19.9 Å². The molecule has 4 aromatic rings. The molecule has 7 heteroatoms. The average Bonchev–Trinajstić information content (AvgIpc) is 3.11. The number of benzene rings is 2. The van der Waals surface area contributed by atoms with Crippen molar-refractivity contribution in [1.29, 1.82) is 0 Å². The van der Waals surface area contributed by atoms with Crippen LogP contribution in [-0.4, -0.2) is 15.0 Å². The van der Waals surface area contributed by atoms with E-state index in [0.29, 0.717) is 29.0 Å². The molecule has 4 rings (SSSR count). The van der Waals surface area contributed by atoms with E-state index < -0.39 is 5.60 Å². The Balaban J connectivity index is 1.55. The Morgan fingerprint density at radius 2 is 2.04 bits per heavy atom. The molecule has 2 aromatic heterocycles. The van der Waals surface area contributed by atoms with E-state index >= 15 is 0 Å². The molecule has 0 spiro atoms. The van der Waals surface area contributed by atoms with Gasteiger partial charge in [-0.05, 0) is 43.7 Å². The van der Waals surface area contributed by atoms with E-state index in [0.717, 1.165) is 5.56 Å². The fourth-order valence-electron chi connectivity index (χ4n) is 2.95. The molecule has 0 saturated heterocycles. The molecule has 0 saturated carbocycles. The molecule has 0 unspecified atom stereocenters. The van der Waals surface area contributed by atoms with Gasteiger partial charge in [0.25, 0.3) is 0 Å². The van der Waals surface area contributed by atoms with E-state index in [4.69, 9.17) is 9.15 Å². The van der Waals surface area contributed by atoms with Gasteiger partial charge in [0.05, 0.1) is 24.4 Å². The van der Waals surface area contributed by atoms with Gasteiger partial charge in [0.2, 0.25) is 0 Å². The van der Waals surface area contributed by atoms with Crippen LogP contribution in [0.5, 0.6) is 5.75 Å². The van der Waals surface area contributed by atoms with Crippen molar-refractivity contribution in [3.05, 3.63) is 88.3 Å². The largest absolute Gasteiger partial charge is 0.481 e. The van der Waals surface area contributed by atoms with E-state index in [-0.39, 0.29) is 11.2 Å². The van der Waals surface area contributed by atoms with Gasteiger partial charge < -0.3 is 9.15 Å². The van der Waals surface area contributed by atoms with Crippen molar-refractivity contribution in [2.45, 2.75) is 26.0 Å². The summed E-state index contributed by atoms with van der Waals surface area (Å²) in [6.07, 6.45) is 3.13. The first-order valence-corrected chi connectivity index (χ1v) is 8.76. The number of rotatable bonds is 5. The van der Waals surface area contributed by atoms with Crippen LogP contribution in [0.4, 0.5) is 4.39 Å². The minimum Gasteiger partial charge on any atom is -0.481 e. The Morgan fingerprint density at radius 1 is 1.18 bits per heavy atom. The summed E-state index contributed by atoms with van der Waals surface area (Å²) in [7, 11) is 0. The van der Waals surface area contributed by atoms with Gasteiger partial charge in [-0.15, -0.1) is 5.10 Å². The molecule has 0 bridgehead atoms. The van der Waals surface area contributed by atoms with Gasteiger partial charge in [0, 0.05) is 12.1 Å². The van der Waals surface area contributed by atoms with Gasteiger partial charge in [-0.2, -0.15) is 0 Å². The Hall–Kier alpha value is -3.48. The van der Waals surface area contributed by atoms with Crippen molar-refractivity contribution in [2.75, 3.05) is 0 Å². The van der Waals surface area contributed by atoms with E-state index in [2.05, 4.69) is 10.3 Å². The van der Waals surface area contributed by atoms with Crippen molar-refractivity contribution in [3.8, 4) is 5.75 Å². The lowest BCUT2D eigenvalue weighted by atomic mass is 10.1. The molecule has 0 fully saturated rings. The summed E-state index contributed by atoms with van der Waals surface area (Å²) >= 11 is 0. The third-order valence-corrected chi connectivity index (χ3v) is 4.40. The number of ether oxygens (including phenoxy) is 1. The second-order valence-electron chi connectivity index (χ2n) is 6.99. The van der Waals surface area contributed by atoms with Crippen LogP contribution in [0.1, 0.15) is 25.1 Å². The summed E-state index contributed by atoms with van der Waals surface area (Å²) in [4.78, 5) is 11.8. The fraction of sp³-hybridized carbons (Fsp3) is 0.190. The highest BCUT2D eigenvalue weighted by atomic mass is 19.1. The molecule has 2 aromatic carbocycles. The van der Waals surface area contributed by atoms with Crippen molar-refractivity contribution < 1.29 is 13.5 Å². The normalized spacial score (nSPS) is 11.7. The maximum absolute atomic E-state index is 13.4. The van der Waals surface area contributed by atoms with Gasteiger partial charge >= 0.3 is 0 Å². The van der Waals surface area contributed by atoms with Crippen LogP contribution in [0.25, 0.3) is 11.0 Å². The third-order valence-electron chi connectivity index (χ3n) is 4.40. The van der Waals surface area contributed by atoms with Crippen molar-refractivity contribution >= 4 is 11.0 Å². The Kier molecular flexibility index (Phi) is 4.43. The molecule has 0 atom stereocenters. The molecule has 0 N–H and O–H groups in total. The first-order chi connectivity index (χ1) is 13.4. The lowest BCUT2D eigenvalue weighted by molar-refractivity contribution is 0.104. The van der Waals surface area contributed by atoms with Gasteiger partial charge in [-0.3, -0.25) is 4.79 Å².